The van der Waals surface area contributed by atoms with Crippen LogP contribution in [0.1, 0.15) is 47.4 Å². The molecule has 37 heavy (non-hydrogen) atoms. The number of halogens is 4. The summed E-state index contributed by atoms with van der Waals surface area (Å²) in [4.78, 5) is 42.1. The third kappa shape index (κ3) is 5.02. The van der Waals surface area contributed by atoms with E-state index >= 15 is 0 Å². The first kappa shape index (κ1) is 25.5. The number of anilines is 1. The van der Waals surface area contributed by atoms with Gasteiger partial charge in [0.1, 0.15) is 17.7 Å². The van der Waals surface area contributed by atoms with Crippen molar-refractivity contribution < 1.29 is 18.4 Å². The highest BCUT2D eigenvalue weighted by Gasteiger charge is 2.31. The number of aromatic nitrogens is 1. The number of benzene rings is 2. The Kier molecular flexibility index (Phi) is 6.85. The van der Waals surface area contributed by atoms with Gasteiger partial charge in [-0.3, -0.25) is 14.4 Å². The van der Waals surface area contributed by atoms with E-state index in [1.807, 2.05) is 13.0 Å². The van der Waals surface area contributed by atoms with Crippen molar-refractivity contribution in [2.75, 3.05) is 18.4 Å². The van der Waals surface area contributed by atoms with Gasteiger partial charge < -0.3 is 20.5 Å². The second-order valence-corrected chi connectivity index (χ2v) is 10.3. The molecule has 2 amide bonds. The van der Waals surface area contributed by atoms with Crippen LogP contribution in [-0.4, -0.2) is 47.0 Å². The molecule has 1 aromatic heterocycles. The first-order valence-corrected chi connectivity index (χ1v) is 12.7. The Balaban J connectivity index is 1.32. The molecule has 1 fully saturated rings. The van der Waals surface area contributed by atoms with Crippen LogP contribution in [0, 0.1) is 5.82 Å². The van der Waals surface area contributed by atoms with Gasteiger partial charge in [-0.25, -0.2) is 8.78 Å². The van der Waals surface area contributed by atoms with Crippen molar-refractivity contribution in [1.29, 1.82) is 0 Å². The molecule has 1 atom stereocenters. The maximum atomic E-state index is 14.8. The molecule has 1 aliphatic heterocycles. The molecule has 1 saturated carbocycles. The van der Waals surface area contributed by atoms with Gasteiger partial charge in [-0.1, -0.05) is 23.2 Å². The highest BCUT2D eigenvalue weighted by Crippen LogP contribution is 2.37. The smallest absolute Gasteiger partial charge is 0.268 e. The van der Waals surface area contributed by atoms with Gasteiger partial charge in [0.15, 0.2) is 0 Å². The predicted octanol–water partition coefficient (Wildman–Crippen LogP) is 4.76. The zero-order chi connectivity index (χ0) is 26.4. The largest absolute Gasteiger partial charge is 0.374 e. The fourth-order valence-corrected chi connectivity index (χ4v) is 5.68. The van der Waals surface area contributed by atoms with E-state index < -0.39 is 23.5 Å². The summed E-state index contributed by atoms with van der Waals surface area (Å²) in [6.45, 7) is 2.15. The first-order chi connectivity index (χ1) is 17.6. The minimum absolute atomic E-state index is 0.00812. The van der Waals surface area contributed by atoms with Crippen molar-refractivity contribution >= 4 is 51.5 Å². The molecule has 11 heteroatoms. The number of pyridine rings is 1. The number of carbonyl (C=O) groups is 2. The number of nitrogens with one attached hydrogen (secondary N) is 3. The molecule has 5 rings (SSSR count). The van der Waals surface area contributed by atoms with Crippen LogP contribution in [0.15, 0.2) is 35.1 Å². The van der Waals surface area contributed by atoms with Gasteiger partial charge in [0.2, 0.25) is 5.91 Å². The van der Waals surface area contributed by atoms with Crippen molar-refractivity contribution in [3.05, 3.63) is 73.4 Å². The number of fused-ring (bicyclic) bond motifs is 2. The minimum atomic E-state index is -0.932. The van der Waals surface area contributed by atoms with Crippen LogP contribution in [0.4, 0.5) is 14.5 Å². The number of alkyl halides is 1. The lowest BCUT2D eigenvalue weighted by molar-refractivity contribution is -0.131. The van der Waals surface area contributed by atoms with E-state index in [4.69, 9.17) is 23.2 Å². The number of hydrogen-bond donors (Lipinski definition) is 3. The SMILES string of the molecule is CC1c2c(Cl)cc(Cl)cc2CCN1C(=O)CNc1cc2cc(C(=O)NC3CC(F)C3)[nH]c(=O)c2cc1F. The fraction of sp³-hybridized carbons (Fsp3) is 0.346. The lowest BCUT2D eigenvalue weighted by Crippen LogP contribution is -2.45. The van der Waals surface area contributed by atoms with E-state index in [9.17, 15) is 23.2 Å². The molecule has 3 N–H and O–H groups in total. The summed E-state index contributed by atoms with van der Waals surface area (Å²) in [5, 5.41) is 6.91. The van der Waals surface area contributed by atoms with Crippen molar-refractivity contribution in [1.82, 2.24) is 15.2 Å². The number of carbonyl (C=O) groups excluding carboxylic acids is 2. The summed E-state index contributed by atoms with van der Waals surface area (Å²) in [7, 11) is 0. The van der Waals surface area contributed by atoms with Crippen LogP contribution in [0.25, 0.3) is 10.8 Å². The summed E-state index contributed by atoms with van der Waals surface area (Å²) in [6.07, 6.45) is 0.130. The summed E-state index contributed by atoms with van der Waals surface area (Å²) in [5.41, 5.74) is 1.23. The molecule has 0 saturated heterocycles. The minimum Gasteiger partial charge on any atom is -0.374 e. The van der Waals surface area contributed by atoms with Crippen LogP contribution in [0.2, 0.25) is 10.0 Å². The molecular weight excluding hydrogens is 525 g/mol. The summed E-state index contributed by atoms with van der Waals surface area (Å²) < 4.78 is 27.8. The molecule has 2 aromatic carbocycles. The summed E-state index contributed by atoms with van der Waals surface area (Å²) in [5.74, 6) is -1.49. The molecule has 0 bridgehead atoms. The van der Waals surface area contributed by atoms with Crippen molar-refractivity contribution in [3.8, 4) is 0 Å². The van der Waals surface area contributed by atoms with Gasteiger partial charge in [-0.15, -0.1) is 0 Å². The molecule has 1 aliphatic carbocycles. The van der Waals surface area contributed by atoms with Gasteiger partial charge in [0, 0.05) is 22.6 Å². The Morgan fingerprint density at radius 3 is 2.65 bits per heavy atom. The van der Waals surface area contributed by atoms with E-state index in [0.717, 1.165) is 17.2 Å². The average molecular weight is 549 g/mol. The van der Waals surface area contributed by atoms with Crippen molar-refractivity contribution in [3.63, 3.8) is 0 Å². The maximum absolute atomic E-state index is 14.8. The Morgan fingerprint density at radius 2 is 1.92 bits per heavy atom. The zero-order valence-electron chi connectivity index (χ0n) is 19.8. The Labute approximate surface area is 221 Å². The van der Waals surface area contributed by atoms with Gasteiger partial charge in [0.05, 0.1) is 23.7 Å². The Morgan fingerprint density at radius 1 is 1.16 bits per heavy atom. The molecular formula is C26H24Cl2F2N4O3. The monoisotopic (exact) mass is 548 g/mol. The second-order valence-electron chi connectivity index (χ2n) is 9.50. The highest BCUT2D eigenvalue weighted by molar-refractivity contribution is 6.35. The van der Waals surface area contributed by atoms with E-state index in [-0.39, 0.29) is 54.1 Å². The quantitative estimate of drug-likeness (QED) is 0.428. The third-order valence-electron chi connectivity index (χ3n) is 7.03. The molecule has 0 spiro atoms. The lowest BCUT2D eigenvalue weighted by Gasteiger charge is -2.36. The summed E-state index contributed by atoms with van der Waals surface area (Å²) >= 11 is 12.5. The number of nitrogens with zero attached hydrogens (tertiary/aromatic N) is 1. The lowest BCUT2D eigenvalue weighted by atomic mass is 9.91. The Hall–Kier alpha value is -3.17. The topological polar surface area (TPSA) is 94.3 Å². The van der Waals surface area contributed by atoms with Crippen molar-refractivity contribution in [2.24, 2.45) is 0 Å². The molecule has 2 aliphatic rings. The van der Waals surface area contributed by atoms with E-state index in [1.54, 1.807) is 11.0 Å². The normalized spacial score (nSPS) is 20.8. The number of H-pyrrole nitrogens is 1. The second kappa shape index (κ2) is 9.95. The number of rotatable bonds is 5. The maximum Gasteiger partial charge on any atom is 0.268 e. The average Bonchev–Trinajstić information content (AvgIpc) is 2.81. The molecule has 2 heterocycles. The van der Waals surface area contributed by atoms with Gasteiger partial charge >= 0.3 is 0 Å². The van der Waals surface area contributed by atoms with Crippen LogP contribution in [-0.2, 0) is 11.2 Å². The van der Waals surface area contributed by atoms with Crippen LogP contribution in [0.5, 0.6) is 0 Å². The standard InChI is InChI=1S/C26H24Cl2F2N4O3/c1-12-24-13(4-15(27)7-19(24)28)2-3-34(12)23(35)11-31-21-5-14-6-22(26(37)32-17-8-16(29)9-17)33-25(36)18(14)10-20(21)30/h4-7,10,12,16-17,31H,2-3,8-9,11H2,1H3,(H,32,37)(H,33,36). The van der Waals surface area contributed by atoms with Crippen LogP contribution < -0.4 is 16.2 Å². The molecule has 0 radical (unpaired) electrons. The molecule has 7 nitrogen and oxygen atoms in total. The Bertz CT molecular complexity index is 1470. The molecule has 194 valence electrons. The molecule has 1 unspecified atom stereocenters. The number of hydrogen-bond acceptors (Lipinski definition) is 4. The highest BCUT2D eigenvalue weighted by atomic mass is 35.5. The first-order valence-electron chi connectivity index (χ1n) is 11.9. The van der Waals surface area contributed by atoms with Crippen molar-refractivity contribution in [2.45, 2.75) is 44.4 Å². The summed E-state index contributed by atoms with van der Waals surface area (Å²) in [6, 6.07) is 6.81. The van der Waals surface area contributed by atoms with Gasteiger partial charge in [-0.2, -0.15) is 0 Å². The van der Waals surface area contributed by atoms with Crippen LogP contribution in [0.3, 0.4) is 0 Å². The fourth-order valence-electron chi connectivity index (χ4n) is 4.99. The van der Waals surface area contributed by atoms with Crippen LogP contribution >= 0.6 is 23.2 Å². The predicted molar refractivity (Wildman–Crippen MR) is 139 cm³/mol. The molecule has 3 aromatic rings. The van der Waals surface area contributed by atoms with Gasteiger partial charge in [0.25, 0.3) is 11.5 Å². The number of aromatic amines is 1. The van der Waals surface area contributed by atoms with Gasteiger partial charge in [-0.05, 0) is 73.0 Å². The van der Waals surface area contributed by atoms with E-state index in [1.165, 1.54) is 12.1 Å². The third-order valence-corrected chi connectivity index (χ3v) is 7.56. The number of amides is 2. The van der Waals surface area contributed by atoms with E-state index in [2.05, 4.69) is 15.6 Å². The zero-order valence-corrected chi connectivity index (χ0v) is 21.4. The van der Waals surface area contributed by atoms with E-state index in [0.29, 0.717) is 28.4 Å².